The first-order valence-electron chi connectivity index (χ1n) is 9.75. The van der Waals surface area contributed by atoms with E-state index in [9.17, 15) is 27.9 Å². The summed E-state index contributed by atoms with van der Waals surface area (Å²) in [7, 11) is 0. The van der Waals surface area contributed by atoms with Gasteiger partial charge in [-0.3, -0.25) is 14.6 Å². The molecule has 3 rings (SSSR count). The number of nitrogens with zero attached hydrogens (tertiary/aromatic N) is 3. The largest absolute Gasteiger partial charge is 0.482 e. The monoisotopic (exact) mass is 462 g/mol. The van der Waals surface area contributed by atoms with Gasteiger partial charge in [0.1, 0.15) is 22.6 Å². The number of aromatic nitrogens is 3. The smallest absolute Gasteiger partial charge is 0.422 e. The number of halogens is 3. The maximum Gasteiger partial charge on any atom is 0.422 e. The van der Waals surface area contributed by atoms with Crippen LogP contribution in [0.25, 0.3) is 5.69 Å². The molecule has 1 aromatic carbocycles. The molecular formula is C22H21F3N4O4. The van der Waals surface area contributed by atoms with Gasteiger partial charge < -0.3 is 15.2 Å². The summed E-state index contributed by atoms with van der Waals surface area (Å²) in [5, 5.41) is 16.6. The number of rotatable bonds is 6. The zero-order valence-electron chi connectivity index (χ0n) is 18.0. The number of alkyl halides is 3. The molecule has 2 N–H and O–H groups in total. The highest BCUT2D eigenvalue weighted by Crippen LogP contribution is 2.24. The Bertz CT molecular complexity index is 1220. The van der Waals surface area contributed by atoms with Crippen LogP contribution in [0.3, 0.4) is 0 Å². The number of hydrogen-bond donors (Lipinski definition) is 2. The predicted octanol–water partition coefficient (Wildman–Crippen LogP) is 3.36. The van der Waals surface area contributed by atoms with Gasteiger partial charge in [-0.25, -0.2) is 0 Å². The SMILES string of the molecule is Cc1cc(C(=O)Nc2ccc(C(C)(C)O)nc2)c(=O)n(-c2ccccc2OCC(F)(F)F)n1. The van der Waals surface area contributed by atoms with Crippen LogP contribution in [0.15, 0.2) is 53.5 Å². The zero-order chi connectivity index (χ0) is 24.4. The van der Waals surface area contributed by atoms with Crippen molar-refractivity contribution < 1.29 is 27.8 Å². The van der Waals surface area contributed by atoms with Crippen LogP contribution in [0.4, 0.5) is 18.9 Å². The molecule has 33 heavy (non-hydrogen) atoms. The van der Waals surface area contributed by atoms with Crippen molar-refractivity contribution in [3.63, 3.8) is 0 Å². The highest BCUT2D eigenvalue weighted by molar-refractivity contribution is 6.04. The van der Waals surface area contributed by atoms with E-state index in [1.807, 2.05) is 0 Å². The number of benzene rings is 1. The Morgan fingerprint density at radius 3 is 2.48 bits per heavy atom. The highest BCUT2D eigenvalue weighted by atomic mass is 19.4. The van der Waals surface area contributed by atoms with Gasteiger partial charge in [-0.2, -0.15) is 23.0 Å². The summed E-state index contributed by atoms with van der Waals surface area (Å²) in [5.74, 6) is -0.974. The van der Waals surface area contributed by atoms with Gasteiger partial charge in [-0.05, 0) is 51.1 Å². The van der Waals surface area contributed by atoms with Crippen molar-refractivity contribution in [3.8, 4) is 11.4 Å². The number of hydrogen-bond acceptors (Lipinski definition) is 6. The lowest BCUT2D eigenvalue weighted by atomic mass is 10.1. The molecule has 11 heteroatoms. The van der Waals surface area contributed by atoms with E-state index in [1.165, 1.54) is 55.6 Å². The fourth-order valence-electron chi connectivity index (χ4n) is 2.88. The summed E-state index contributed by atoms with van der Waals surface area (Å²) in [6, 6.07) is 9.90. The van der Waals surface area contributed by atoms with E-state index in [0.717, 1.165) is 4.68 Å². The molecule has 174 valence electrons. The molecule has 1 amide bonds. The summed E-state index contributed by atoms with van der Waals surface area (Å²) < 4.78 is 43.5. The second-order valence-corrected chi connectivity index (χ2v) is 7.73. The van der Waals surface area contributed by atoms with Crippen molar-refractivity contribution >= 4 is 11.6 Å². The Morgan fingerprint density at radius 1 is 1.18 bits per heavy atom. The van der Waals surface area contributed by atoms with Gasteiger partial charge in [0.25, 0.3) is 11.5 Å². The van der Waals surface area contributed by atoms with E-state index in [2.05, 4.69) is 15.4 Å². The Hall–Kier alpha value is -3.73. The molecule has 0 saturated carbocycles. The Morgan fingerprint density at radius 2 is 1.88 bits per heavy atom. The molecule has 3 aromatic rings. The molecule has 0 bridgehead atoms. The Labute approximate surface area is 186 Å². The molecule has 8 nitrogen and oxygen atoms in total. The number of aliphatic hydroxyl groups is 1. The molecule has 0 saturated heterocycles. The highest BCUT2D eigenvalue weighted by Gasteiger charge is 2.29. The third-order valence-corrected chi connectivity index (χ3v) is 4.41. The number of carbonyl (C=O) groups excluding carboxylic acids is 1. The van der Waals surface area contributed by atoms with Crippen LogP contribution in [-0.4, -0.2) is 38.6 Å². The van der Waals surface area contributed by atoms with E-state index in [0.29, 0.717) is 5.69 Å². The van der Waals surface area contributed by atoms with Crippen LogP contribution in [0, 0.1) is 6.92 Å². The van der Waals surface area contributed by atoms with Crippen molar-refractivity contribution in [1.82, 2.24) is 14.8 Å². The maximum atomic E-state index is 13.0. The first-order valence-corrected chi connectivity index (χ1v) is 9.75. The summed E-state index contributed by atoms with van der Waals surface area (Å²) in [4.78, 5) is 29.9. The Kier molecular flexibility index (Phi) is 6.54. The quantitative estimate of drug-likeness (QED) is 0.582. The molecule has 0 radical (unpaired) electrons. The van der Waals surface area contributed by atoms with E-state index >= 15 is 0 Å². The van der Waals surface area contributed by atoms with E-state index < -0.39 is 29.9 Å². The fourth-order valence-corrected chi connectivity index (χ4v) is 2.88. The average molecular weight is 462 g/mol. The summed E-state index contributed by atoms with van der Waals surface area (Å²) in [5.41, 5.74) is -1.39. The molecular weight excluding hydrogens is 441 g/mol. The van der Waals surface area contributed by atoms with Crippen molar-refractivity contribution in [2.45, 2.75) is 32.5 Å². The topological polar surface area (TPSA) is 106 Å². The number of amides is 1. The number of pyridine rings is 1. The molecule has 0 aliphatic rings. The van der Waals surface area contributed by atoms with E-state index in [-0.39, 0.29) is 28.4 Å². The summed E-state index contributed by atoms with van der Waals surface area (Å²) in [6.45, 7) is 3.11. The lowest BCUT2D eigenvalue weighted by molar-refractivity contribution is -0.153. The second-order valence-electron chi connectivity index (χ2n) is 7.73. The number of ether oxygens (including phenoxy) is 1. The fraction of sp³-hybridized carbons (Fsp3) is 0.273. The zero-order valence-corrected chi connectivity index (χ0v) is 18.0. The van der Waals surface area contributed by atoms with Crippen LogP contribution in [-0.2, 0) is 5.60 Å². The minimum Gasteiger partial charge on any atom is -0.482 e. The van der Waals surface area contributed by atoms with Gasteiger partial charge in [0.15, 0.2) is 6.61 Å². The third kappa shape index (κ3) is 5.95. The number of anilines is 1. The number of carbonyl (C=O) groups is 1. The second kappa shape index (κ2) is 9.02. The van der Waals surface area contributed by atoms with Crippen LogP contribution in [0.2, 0.25) is 0 Å². The van der Waals surface area contributed by atoms with Gasteiger partial charge in [0, 0.05) is 0 Å². The molecule has 0 atom stereocenters. The molecule has 0 unspecified atom stereocenters. The van der Waals surface area contributed by atoms with Gasteiger partial charge in [-0.1, -0.05) is 12.1 Å². The van der Waals surface area contributed by atoms with Gasteiger partial charge in [0.2, 0.25) is 0 Å². The number of aryl methyl sites for hydroxylation is 1. The number of nitrogens with one attached hydrogen (secondary N) is 1. The standard InChI is InChI=1S/C22H21F3N4O4/c1-13-10-15(19(30)27-14-8-9-18(26-11-14)21(2,3)32)20(31)29(28-13)16-6-4-5-7-17(16)33-12-22(23,24)25/h4-11,32H,12H2,1-3H3,(H,27,30). The molecule has 0 aliphatic carbocycles. The van der Waals surface area contributed by atoms with Crippen molar-refractivity contribution in [3.05, 3.63) is 76.0 Å². The van der Waals surface area contributed by atoms with Gasteiger partial charge >= 0.3 is 6.18 Å². The normalized spacial score (nSPS) is 11.8. The summed E-state index contributed by atoms with van der Waals surface area (Å²) in [6.07, 6.45) is -3.24. The Balaban J connectivity index is 1.94. The number of para-hydroxylation sites is 2. The van der Waals surface area contributed by atoms with Crippen molar-refractivity contribution in [2.75, 3.05) is 11.9 Å². The molecule has 0 spiro atoms. The average Bonchev–Trinajstić information content (AvgIpc) is 2.73. The minimum atomic E-state index is -4.57. The molecule has 2 aromatic heterocycles. The minimum absolute atomic E-state index is 0.0410. The van der Waals surface area contributed by atoms with Crippen molar-refractivity contribution in [1.29, 1.82) is 0 Å². The molecule has 2 heterocycles. The van der Waals surface area contributed by atoms with Crippen LogP contribution < -0.4 is 15.6 Å². The van der Waals surface area contributed by atoms with E-state index in [1.54, 1.807) is 13.8 Å². The van der Waals surface area contributed by atoms with Crippen molar-refractivity contribution in [2.24, 2.45) is 0 Å². The lowest BCUT2D eigenvalue weighted by Gasteiger charge is -2.16. The van der Waals surface area contributed by atoms with Gasteiger partial charge in [0.05, 0.1) is 23.3 Å². The van der Waals surface area contributed by atoms with Crippen LogP contribution in [0.1, 0.15) is 35.6 Å². The van der Waals surface area contributed by atoms with Gasteiger partial charge in [-0.15, -0.1) is 0 Å². The first-order chi connectivity index (χ1) is 15.3. The predicted molar refractivity (Wildman–Crippen MR) is 114 cm³/mol. The first kappa shape index (κ1) is 23.9. The van der Waals surface area contributed by atoms with E-state index in [4.69, 9.17) is 4.74 Å². The van der Waals surface area contributed by atoms with Crippen LogP contribution in [0.5, 0.6) is 5.75 Å². The third-order valence-electron chi connectivity index (χ3n) is 4.41. The summed E-state index contributed by atoms with van der Waals surface area (Å²) >= 11 is 0. The van der Waals surface area contributed by atoms with Crippen LogP contribution >= 0.6 is 0 Å². The molecule has 0 fully saturated rings. The maximum absolute atomic E-state index is 13.0. The molecule has 0 aliphatic heterocycles. The lowest BCUT2D eigenvalue weighted by Crippen LogP contribution is -2.31.